The first kappa shape index (κ1) is 21.4. The Hall–Kier alpha value is -3.85. The number of hydrogen-bond acceptors (Lipinski definition) is 6. The number of amides is 1. The van der Waals surface area contributed by atoms with Crippen LogP contribution in [-0.4, -0.2) is 30.8 Å². The minimum absolute atomic E-state index is 0.0800. The third-order valence-corrected chi connectivity index (χ3v) is 6.06. The van der Waals surface area contributed by atoms with Gasteiger partial charge in [-0.1, -0.05) is 24.3 Å². The fraction of sp³-hybridized carbons (Fsp3) is 0.130. The van der Waals surface area contributed by atoms with E-state index in [1.807, 2.05) is 35.9 Å². The van der Waals surface area contributed by atoms with Crippen LogP contribution >= 0.6 is 0 Å². The first-order chi connectivity index (χ1) is 15.4. The first-order valence-electron chi connectivity index (χ1n) is 9.73. The SMILES string of the molecule is COc1cccc(S(=O)(=O)NC(=O)c2ccccc2OCc2cn3cc(C)ccc3n2)c1. The van der Waals surface area contributed by atoms with E-state index in [-0.39, 0.29) is 22.8 Å². The van der Waals surface area contributed by atoms with Gasteiger partial charge in [-0.25, -0.2) is 18.1 Å². The van der Waals surface area contributed by atoms with Crippen LogP contribution in [0, 0.1) is 6.92 Å². The summed E-state index contributed by atoms with van der Waals surface area (Å²) in [5.74, 6) is -0.181. The zero-order chi connectivity index (χ0) is 22.7. The average Bonchev–Trinajstić information content (AvgIpc) is 3.19. The number of pyridine rings is 1. The number of carbonyl (C=O) groups excluding carboxylic acids is 1. The van der Waals surface area contributed by atoms with Gasteiger partial charge in [0.2, 0.25) is 0 Å². The molecule has 32 heavy (non-hydrogen) atoms. The molecule has 0 radical (unpaired) electrons. The van der Waals surface area contributed by atoms with Gasteiger partial charge in [-0.15, -0.1) is 0 Å². The molecule has 2 aromatic heterocycles. The molecule has 0 saturated carbocycles. The molecule has 9 heteroatoms. The lowest BCUT2D eigenvalue weighted by Gasteiger charge is -2.12. The third-order valence-electron chi connectivity index (χ3n) is 4.73. The molecule has 0 aliphatic carbocycles. The summed E-state index contributed by atoms with van der Waals surface area (Å²) < 4.78 is 40.2. The molecule has 0 unspecified atom stereocenters. The van der Waals surface area contributed by atoms with E-state index in [1.165, 1.54) is 31.4 Å². The van der Waals surface area contributed by atoms with Gasteiger partial charge in [-0.05, 0) is 42.8 Å². The highest BCUT2D eigenvalue weighted by atomic mass is 32.2. The van der Waals surface area contributed by atoms with Crippen LogP contribution in [0.5, 0.6) is 11.5 Å². The van der Waals surface area contributed by atoms with Crippen LogP contribution in [0.15, 0.2) is 78.0 Å². The topological polar surface area (TPSA) is 99.0 Å². The lowest BCUT2D eigenvalue weighted by Crippen LogP contribution is -2.30. The number of sulfonamides is 1. The van der Waals surface area contributed by atoms with E-state index < -0.39 is 15.9 Å². The molecule has 1 amide bonds. The molecule has 4 rings (SSSR count). The second-order valence-electron chi connectivity index (χ2n) is 7.10. The van der Waals surface area contributed by atoms with Crippen LogP contribution in [0.25, 0.3) is 5.65 Å². The van der Waals surface area contributed by atoms with Gasteiger partial charge < -0.3 is 13.9 Å². The summed E-state index contributed by atoms with van der Waals surface area (Å²) >= 11 is 0. The Balaban J connectivity index is 1.52. The molecular formula is C23H21N3O5S. The zero-order valence-electron chi connectivity index (χ0n) is 17.5. The molecule has 0 spiro atoms. The normalized spacial score (nSPS) is 11.3. The minimum Gasteiger partial charge on any atom is -0.497 e. The van der Waals surface area contributed by atoms with Gasteiger partial charge in [-0.3, -0.25) is 4.79 Å². The number of hydrogen-bond donors (Lipinski definition) is 1. The van der Waals surface area contributed by atoms with Crippen LogP contribution in [0.2, 0.25) is 0 Å². The number of ether oxygens (including phenoxy) is 2. The van der Waals surface area contributed by atoms with Gasteiger partial charge in [0.15, 0.2) is 0 Å². The molecule has 0 aliphatic rings. The molecule has 2 heterocycles. The molecule has 0 bridgehead atoms. The number of nitrogens with one attached hydrogen (secondary N) is 1. The van der Waals surface area contributed by atoms with E-state index in [0.29, 0.717) is 11.4 Å². The van der Waals surface area contributed by atoms with Crippen molar-refractivity contribution in [2.75, 3.05) is 7.11 Å². The molecule has 0 fully saturated rings. The number of para-hydroxylation sites is 1. The van der Waals surface area contributed by atoms with E-state index >= 15 is 0 Å². The molecule has 8 nitrogen and oxygen atoms in total. The summed E-state index contributed by atoms with van der Waals surface area (Å²) in [4.78, 5) is 17.2. The van der Waals surface area contributed by atoms with Crippen molar-refractivity contribution in [1.29, 1.82) is 0 Å². The predicted molar refractivity (Wildman–Crippen MR) is 118 cm³/mol. The van der Waals surface area contributed by atoms with Gasteiger partial charge in [0.25, 0.3) is 15.9 Å². The summed E-state index contributed by atoms with van der Waals surface area (Å²) in [6.45, 7) is 2.11. The third kappa shape index (κ3) is 4.57. The highest BCUT2D eigenvalue weighted by Gasteiger charge is 2.21. The average molecular weight is 452 g/mol. The molecule has 0 aliphatic heterocycles. The van der Waals surface area contributed by atoms with Crippen LogP contribution in [0.3, 0.4) is 0 Å². The number of aromatic nitrogens is 2. The fourth-order valence-electron chi connectivity index (χ4n) is 3.16. The Labute approximate surface area is 185 Å². The van der Waals surface area contributed by atoms with E-state index in [0.717, 1.165) is 11.2 Å². The van der Waals surface area contributed by atoms with Crippen LogP contribution < -0.4 is 14.2 Å². The predicted octanol–water partition coefficient (Wildman–Crippen LogP) is 3.35. The van der Waals surface area contributed by atoms with Gasteiger partial charge in [0.05, 0.1) is 23.3 Å². The van der Waals surface area contributed by atoms with Crippen LogP contribution in [0.1, 0.15) is 21.6 Å². The number of imidazole rings is 1. The highest BCUT2D eigenvalue weighted by molar-refractivity contribution is 7.90. The van der Waals surface area contributed by atoms with Crippen molar-refractivity contribution in [3.05, 3.63) is 89.9 Å². The quantitative estimate of drug-likeness (QED) is 0.463. The molecule has 164 valence electrons. The van der Waals surface area contributed by atoms with Crippen molar-refractivity contribution in [3.63, 3.8) is 0 Å². The van der Waals surface area contributed by atoms with Crippen molar-refractivity contribution in [3.8, 4) is 11.5 Å². The maximum Gasteiger partial charge on any atom is 0.268 e. The Morgan fingerprint density at radius 1 is 1.06 bits per heavy atom. The maximum atomic E-state index is 12.8. The first-order valence-corrected chi connectivity index (χ1v) is 11.2. The van der Waals surface area contributed by atoms with E-state index in [1.54, 1.807) is 24.3 Å². The lowest BCUT2D eigenvalue weighted by molar-refractivity contribution is 0.0977. The van der Waals surface area contributed by atoms with E-state index in [9.17, 15) is 13.2 Å². The Morgan fingerprint density at radius 2 is 1.88 bits per heavy atom. The van der Waals surface area contributed by atoms with E-state index in [4.69, 9.17) is 9.47 Å². The maximum absolute atomic E-state index is 12.8. The monoisotopic (exact) mass is 451 g/mol. The van der Waals surface area contributed by atoms with Crippen molar-refractivity contribution in [2.24, 2.45) is 0 Å². The van der Waals surface area contributed by atoms with Crippen LogP contribution in [0.4, 0.5) is 0 Å². The Bertz CT molecular complexity index is 1400. The second kappa shape index (κ2) is 8.72. The Morgan fingerprint density at radius 3 is 2.69 bits per heavy atom. The van der Waals surface area contributed by atoms with Crippen molar-refractivity contribution < 1.29 is 22.7 Å². The van der Waals surface area contributed by atoms with Crippen molar-refractivity contribution in [2.45, 2.75) is 18.4 Å². The molecule has 2 aromatic carbocycles. The number of rotatable bonds is 7. The molecule has 0 saturated heterocycles. The summed E-state index contributed by atoms with van der Waals surface area (Å²) in [6.07, 6.45) is 3.80. The molecule has 4 aromatic rings. The van der Waals surface area contributed by atoms with Crippen LogP contribution in [-0.2, 0) is 16.6 Å². The molecule has 0 atom stereocenters. The van der Waals surface area contributed by atoms with Crippen molar-refractivity contribution >= 4 is 21.6 Å². The summed E-state index contributed by atoms with van der Waals surface area (Å²) in [6, 6.07) is 16.2. The lowest BCUT2D eigenvalue weighted by atomic mass is 10.2. The summed E-state index contributed by atoms with van der Waals surface area (Å²) in [5, 5.41) is 0. The number of methoxy groups -OCH3 is 1. The largest absolute Gasteiger partial charge is 0.497 e. The van der Waals surface area contributed by atoms with Gasteiger partial charge in [0, 0.05) is 18.5 Å². The van der Waals surface area contributed by atoms with Crippen molar-refractivity contribution in [1.82, 2.24) is 14.1 Å². The smallest absolute Gasteiger partial charge is 0.268 e. The number of benzene rings is 2. The standard InChI is InChI=1S/C23H21N3O5S/c1-16-10-11-22-24-17(14-26(22)13-16)15-31-21-9-4-3-8-20(21)23(27)25-32(28,29)19-7-5-6-18(12-19)30-2/h3-14H,15H2,1-2H3,(H,25,27). The Kier molecular flexibility index (Phi) is 5.83. The van der Waals surface area contributed by atoms with Gasteiger partial charge in [0.1, 0.15) is 23.8 Å². The number of fused-ring (bicyclic) bond motifs is 1. The summed E-state index contributed by atoms with van der Waals surface area (Å²) in [7, 11) is -2.66. The molecular weight excluding hydrogens is 430 g/mol. The number of aryl methyl sites for hydroxylation is 1. The van der Waals surface area contributed by atoms with Gasteiger partial charge in [-0.2, -0.15) is 0 Å². The second-order valence-corrected chi connectivity index (χ2v) is 8.79. The summed E-state index contributed by atoms with van der Waals surface area (Å²) in [5.41, 5.74) is 2.65. The molecule has 1 N–H and O–H groups in total. The van der Waals surface area contributed by atoms with E-state index in [2.05, 4.69) is 9.71 Å². The van der Waals surface area contributed by atoms with Gasteiger partial charge >= 0.3 is 0 Å². The zero-order valence-corrected chi connectivity index (χ0v) is 18.3. The number of nitrogens with zero attached hydrogens (tertiary/aromatic N) is 2. The number of carbonyl (C=O) groups is 1. The minimum atomic E-state index is -4.10. The highest BCUT2D eigenvalue weighted by Crippen LogP contribution is 2.22. The fourth-order valence-corrected chi connectivity index (χ4v) is 4.16.